The van der Waals surface area contributed by atoms with E-state index in [1.807, 2.05) is 0 Å². The Morgan fingerprint density at radius 1 is 1.00 bits per heavy atom. The summed E-state index contributed by atoms with van der Waals surface area (Å²) in [5.41, 5.74) is 0. The first kappa shape index (κ1) is 12.0. The van der Waals surface area contributed by atoms with Crippen LogP contribution in [0.2, 0.25) is 0 Å². The van der Waals surface area contributed by atoms with Crippen molar-refractivity contribution in [3.8, 4) is 0 Å². The summed E-state index contributed by atoms with van der Waals surface area (Å²) in [6.45, 7) is 7.90. The normalized spacial score (nSPS) is 21.0. The quantitative estimate of drug-likeness (QED) is 0.666. The van der Waals surface area contributed by atoms with Crippen molar-refractivity contribution in [2.75, 3.05) is 26.3 Å². The van der Waals surface area contributed by atoms with Crippen LogP contribution in [0.5, 0.6) is 0 Å². The van der Waals surface area contributed by atoms with E-state index in [4.69, 9.17) is 9.47 Å². The van der Waals surface area contributed by atoms with Crippen molar-refractivity contribution in [2.24, 2.45) is 0 Å². The largest absolute Gasteiger partial charge is 0.350 e. The van der Waals surface area contributed by atoms with Crippen LogP contribution >= 0.6 is 0 Å². The van der Waals surface area contributed by atoms with Crippen molar-refractivity contribution < 1.29 is 9.47 Å². The molecule has 0 atom stereocenters. The standard InChI is InChI=1S/C11H23NO2/c1-3-9-13-11(14-10-4-2)5-7-12-8-6-11/h12H,3-10H2,1-2H3. The Balaban J connectivity index is 2.39. The Morgan fingerprint density at radius 3 is 1.93 bits per heavy atom. The third kappa shape index (κ3) is 3.56. The lowest BCUT2D eigenvalue weighted by Crippen LogP contribution is -2.46. The minimum absolute atomic E-state index is 0.280. The summed E-state index contributed by atoms with van der Waals surface area (Å²) in [7, 11) is 0. The van der Waals surface area contributed by atoms with E-state index in [1.165, 1.54) is 0 Å². The molecule has 0 saturated carbocycles. The fourth-order valence-electron chi connectivity index (χ4n) is 1.71. The Hall–Kier alpha value is -0.120. The van der Waals surface area contributed by atoms with Crippen molar-refractivity contribution in [2.45, 2.75) is 45.3 Å². The summed E-state index contributed by atoms with van der Waals surface area (Å²) < 4.78 is 11.7. The minimum atomic E-state index is -0.280. The molecule has 1 saturated heterocycles. The highest BCUT2D eigenvalue weighted by Crippen LogP contribution is 2.25. The van der Waals surface area contributed by atoms with Crippen LogP contribution in [0.4, 0.5) is 0 Å². The summed E-state index contributed by atoms with van der Waals surface area (Å²) >= 11 is 0. The second-order valence-corrected chi connectivity index (χ2v) is 3.86. The van der Waals surface area contributed by atoms with Gasteiger partial charge < -0.3 is 14.8 Å². The second-order valence-electron chi connectivity index (χ2n) is 3.86. The van der Waals surface area contributed by atoms with Crippen LogP contribution in [-0.4, -0.2) is 32.1 Å². The van der Waals surface area contributed by atoms with Gasteiger partial charge in [0.25, 0.3) is 0 Å². The number of hydrogen-bond donors (Lipinski definition) is 1. The SMILES string of the molecule is CCCOC1(OCCC)CCNCC1. The van der Waals surface area contributed by atoms with Crippen LogP contribution in [0.15, 0.2) is 0 Å². The fraction of sp³-hybridized carbons (Fsp3) is 1.00. The predicted molar refractivity (Wildman–Crippen MR) is 57.3 cm³/mol. The third-order valence-electron chi connectivity index (χ3n) is 2.50. The zero-order valence-electron chi connectivity index (χ0n) is 9.47. The molecule has 1 rings (SSSR count). The van der Waals surface area contributed by atoms with Crippen molar-refractivity contribution in [1.29, 1.82) is 0 Å². The Kier molecular flexibility index (Phi) is 5.45. The van der Waals surface area contributed by atoms with Gasteiger partial charge >= 0.3 is 0 Å². The maximum atomic E-state index is 5.86. The Labute approximate surface area is 87.2 Å². The van der Waals surface area contributed by atoms with Crippen molar-refractivity contribution >= 4 is 0 Å². The molecule has 1 fully saturated rings. The van der Waals surface area contributed by atoms with Crippen molar-refractivity contribution in [3.63, 3.8) is 0 Å². The summed E-state index contributed by atoms with van der Waals surface area (Å²) in [6.07, 6.45) is 4.08. The molecule has 0 aliphatic carbocycles. The zero-order valence-corrected chi connectivity index (χ0v) is 9.47. The molecule has 0 amide bonds. The van der Waals surface area contributed by atoms with Gasteiger partial charge in [-0.15, -0.1) is 0 Å². The van der Waals surface area contributed by atoms with E-state index in [1.54, 1.807) is 0 Å². The van der Waals surface area contributed by atoms with Crippen LogP contribution in [0, 0.1) is 0 Å². The van der Waals surface area contributed by atoms with Gasteiger partial charge in [-0.1, -0.05) is 13.8 Å². The van der Waals surface area contributed by atoms with Gasteiger partial charge in [-0.3, -0.25) is 0 Å². The smallest absolute Gasteiger partial charge is 0.170 e. The lowest BCUT2D eigenvalue weighted by Gasteiger charge is -2.37. The van der Waals surface area contributed by atoms with Crippen LogP contribution in [0.3, 0.4) is 0 Å². The molecule has 0 aromatic heterocycles. The minimum Gasteiger partial charge on any atom is -0.350 e. The summed E-state index contributed by atoms with van der Waals surface area (Å²) in [4.78, 5) is 0. The van der Waals surface area contributed by atoms with Crippen molar-refractivity contribution in [3.05, 3.63) is 0 Å². The van der Waals surface area contributed by atoms with Gasteiger partial charge in [-0.2, -0.15) is 0 Å². The van der Waals surface area contributed by atoms with Gasteiger partial charge in [0.15, 0.2) is 5.79 Å². The third-order valence-corrected chi connectivity index (χ3v) is 2.50. The Bertz CT molecular complexity index is 134. The van der Waals surface area contributed by atoms with E-state index in [0.717, 1.165) is 52.0 Å². The van der Waals surface area contributed by atoms with Crippen LogP contribution in [-0.2, 0) is 9.47 Å². The molecule has 0 bridgehead atoms. The number of ether oxygens (including phenoxy) is 2. The molecule has 1 aliphatic heterocycles. The lowest BCUT2D eigenvalue weighted by atomic mass is 10.1. The number of hydrogen-bond acceptors (Lipinski definition) is 3. The van der Waals surface area contributed by atoms with Gasteiger partial charge in [-0.05, 0) is 12.8 Å². The molecule has 0 unspecified atom stereocenters. The van der Waals surface area contributed by atoms with E-state index in [0.29, 0.717) is 0 Å². The molecule has 1 heterocycles. The van der Waals surface area contributed by atoms with E-state index in [2.05, 4.69) is 19.2 Å². The van der Waals surface area contributed by atoms with Crippen LogP contribution < -0.4 is 5.32 Å². The monoisotopic (exact) mass is 201 g/mol. The summed E-state index contributed by atoms with van der Waals surface area (Å²) in [5, 5.41) is 3.33. The molecule has 14 heavy (non-hydrogen) atoms. The van der Waals surface area contributed by atoms with Gasteiger partial charge in [0.1, 0.15) is 0 Å². The number of nitrogens with one attached hydrogen (secondary N) is 1. The summed E-state index contributed by atoms with van der Waals surface area (Å²) in [6, 6.07) is 0. The molecule has 84 valence electrons. The first-order chi connectivity index (χ1) is 6.83. The number of piperidine rings is 1. The lowest BCUT2D eigenvalue weighted by molar-refractivity contribution is -0.249. The van der Waals surface area contributed by atoms with E-state index >= 15 is 0 Å². The highest BCUT2D eigenvalue weighted by molar-refractivity contribution is 4.77. The van der Waals surface area contributed by atoms with E-state index in [9.17, 15) is 0 Å². The van der Waals surface area contributed by atoms with E-state index in [-0.39, 0.29) is 5.79 Å². The zero-order chi connectivity index (χ0) is 10.3. The molecule has 0 radical (unpaired) electrons. The fourth-order valence-corrected chi connectivity index (χ4v) is 1.71. The second kappa shape index (κ2) is 6.38. The molecule has 0 aromatic rings. The topological polar surface area (TPSA) is 30.5 Å². The number of rotatable bonds is 6. The summed E-state index contributed by atoms with van der Waals surface area (Å²) in [5.74, 6) is -0.280. The van der Waals surface area contributed by atoms with E-state index < -0.39 is 0 Å². The van der Waals surface area contributed by atoms with Crippen molar-refractivity contribution in [1.82, 2.24) is 5.32 Å². The maximum absolute atomic E-state index is 5.86. The predicted octanol–water partition coefficient (Wildman–Crippen LogP) is 1.92. The molecule has 3 nitrogen and oxygen atoms in total. The maximum Gasteiger partial charge on any atom is 0.170 e. The first-order valence-electron chi connectivity index (χ1n) is 5.81. The first-order valence-corrected chi connectivity index (χ1v) is 5.81. The average Bonchev–Trinajstić information content (AvgIpc) is 2.25. The highest BCUT2D eigenvalue weighted by Gasteiger charge is 2.33. The van der Waals surface area contributed by atoms with Crippen LogP contribution in [0.1, 0.15) is 39.5 Å². The van der Waals surface area contributed by atoms with Gasteiger partial charge in [0.2, 0.25) is 0 Å². The molecule has 1 aliphatic rings. The molecule has 0 aromatic carbocycles. The van der Waals surface area contributed by atoms with Gasteiger partial charge in [0, 0.05) is 39.1 Å². The average molecular weight is 201 g/mol. The Morgan fingerprint density at radius 2 is 1.50 bits per heavy atom. The molecular weight excluding hydrogens is 178 g/mol. The van der Waals surface area contributed by atoms with Gasteiger partial charge in [-0.25, -0.2) is 0 Å². The molecule has 0 spiro atoms. The highest BCUT2D eigenvalue weighted by atomic mass is 16.7. The van der Waals surface area contributed by atoms with Gasteiger partial charge in [0.05, 0.1) is 0 Å². The van der Waals surface area contributed by atoms with Crippen LogP contribution in [0.25, 0.3) is 0 Å². The molecular formula is C11H23NO2. The molecule has 3 heteroatoms. The molecule has 1 N–H and O–H groups in total.